The third-order valence-electron chi connectivity index (χ3n) is 5.19. The molecule has 0 saturated heterocycles. The van der Waals surface area contributed by atoms with Crippen LogP contribution in [0.1, 0.15) is 34.2 Å². The van der Waals surface area contributed by atoms with Crippen molar-refractivity contribution in [3.8, 4) is 0 Å². The Kier molecular flexibility index (Phi) is 6.65. The van der Waals surface area contributed by atoms with E-state index in [1.54, 1.807) is 54.7 Å². The maximum atomic E-state index is 12.7. The van der Waals surface area contributed by atoms with Gasteiger partial charge in [-0.05, 0) is 50.6 Å². The normalized spacial score (nSPS) is 10.6. The molecule has 1 N–H and O–H groups in total. The molecule has 2 aromatic carbocycles. The zero-order valence-electron chi connectivity index (χ0n) is 18.2. The number of likely N-dealkylation sites (N-methyl/N-ethyl adjacent to an activating group) is 1. The molecule has 2 amide bonds. The quantitative estimate of drug-likeness (QED) is 0.470. The lowest BCUT2D eigenvalue weighted by atomic mass is 10.1. The molecule has 0 bridgehead atoms. The molecule has 0 atom stereocenters. The van der Waals surface area contributed by atoms with E-state index < -0.39 is 11.7 Å². The van der Waals surface area contributed by atoms with Crippen molar-refractivity contribution in [1.82, 2.24) is 9.78 Å². The highest BCUT2D eigenvalue weighted by Crippen LogP contribution is 2.17. The van der Waals surface area contributed by atoms with Crippen LogP contribution in [0.4, 0.5) is 11.4 Å². The predicted molar refractivity (Wildman–Crippen MR) is 120 cm³/mol. The number of amides is 2. The molecule has 7 nitrogen and oxygen atoms in total. The summed E-state index contributed by atoms with van der Waals surface area (Å²) in [4.78, 5) is 39.4. The Labute approximate surface area is 181 Å². The number of Topliss-reactive ketones (excluding diaryl/α,β-unsaturated/α-hetero) is 1. The first-order valence-electron chi connectivity index (χ1n) is 10.1. The Bertz CT molecular complexity index is 1100. The standard InChI is InChI=1S/C24H26N4O3/c1-5-28(20-9-7-6-8-10-20)21(29)15-18-11-13-19(14-12-18)25-24(31)23(30)22-16(2)26-27(4)17(22)3/h6-14H,5,15H2,1-4H3,(H,25,31). The van der Waals surface area contributed by atoms with E-state index in [1.807, 2.05) is 37.3 Å². The fraction of sp³-hybridized carbons (Fsp3) is 0.250. The van der Waals surface area contributed by atoms with Crippen LogP contribution >= 0.6 is 0 Å². The zero-order chi connectivity index (χ0) is 22.5. The molecule has 1 aromatic heterocycles. The predicted octanol–water partition coefficient (Wildman–Crippen LogP) is 3.45. The van der Waals surface area contributed by atoms with Crippen LogP contribution in [0, 0.1) is 13.8 Å². The molecule has 0 unspecified atom stereocenters. The largest absolute Gasteiger partial charge is 0.319 e. The maximum absolute atomic E-state index is 12.7. The molecule has 0 spiro atoms. The fourth-order valence-electron chi connectivity index (χ4n) is 3.49. The summed E-state index contributed by atoms with van der Waals surface area (Å²) in [5, 5.41) is 6.81. The molecule has 0 aliphatic rings. The van der Waals surface area contributed by atoms with E-state index >= 15 is 0 Å². The topological polar surface area (TPSA) is 84.3 Å². The SMILES string of the molecule is CCN(C(=O)Cc1ccc(NC(=O)C(=O)c2c(C)nn(C)c2C)cc1)c1ccccc1. The Hall–Kier alpha value is -3.74. The number of anilines is 2. The molecule has 1 heterocycles. The summed E-state index contributed by atoms with van der Waals surface area (Å²) < 4.78 is 1.58. The minimum atomic E-state index is -0.718. The van der Waals surface area contributed by atoms with Crippen LogP contribution in [-0.4, -0.2) is 33.9 Å². The van der Waals surface area contributed by atoms with E-state index in [0.717, 1.165) is 11.3 Å². The van der Waals surface area contributed by atoms with Crippen LogP contribution in [0.5, 0.6) is 0 Å². The number of carbonyl (C=O) groups excluding carboxylic acids is 3. The molecule has 0 aliphatic carbocycles. The molecular weight excluding hydrogens is 392 g/mol. The van der Waals surface area contributed by atoms with Gasteiger partial charge in [0.2, 0.25) is 5.91 Å². The number of benzene rings is 2. The van der Waals surface area contributed by atoms with Crippen molar-refractivity contribution in [2.75, 3.05) is 16.8 Å². The number of ketones is 1. The van der Waals surface area contributed by atoms with Gasteiger partial charge in [0.25, 0.3) is 11.7 Å². The number of carbonyl (C=O) groups is 3. The van der Waals surface area contributed by atoms with Crippen molar-refractivity contribution in [2.45, 2.75) is 27.2 Å². The molecule has 3 rings (SSSR count). The van der Waals surface area contributed by atoms with Gasteiger partial charge in [0.15, 0.2) is 0 Å². The molecule has 7 heteroatoms. The lowest BCUT2D eigenvalue weighted by molar-refractivity contribution is -0.118. The summed E-state index contributed by atoms with van der Waals surface area (Å²) in [6.07, 6.45) is 0.240. The Balaban J connectivity index is 1.65. The number of aryl methyl sites for hydroxylation is 2. The van der Waals surface area contributed by atoms with Gasteiger partial charge in [0.1, 0.15) is 0 Å². The second-order valence-electron chi connectivity index (χ2n) is 7.30. The van der Waals surface area contributed by atoms with Gasteiger partial charge in [0, 0.05) is 30.7 Å². The first kappa shape index (κ1) is 22.0. The van der Waals surface area contributed by atoms with Crippen LogP contribution in [0.3, 0.4) is 0 Å². The smallest absolute Gasteiger partial charge is 0.296 e. The summed E-state index contributed by atoms with van der Waals surface area (Å²) in [7, 11) is 1.73. The monoisotopic (exact) mass is 418 g/mol. The van der Waals surface area contributed by atoms with Crippen LogP contribution < -0.4 is 10.2 Å². The van der Waals surface area contributed by atoms with Crippen LogP contribution in [0.2, 0.25) is 0 Å². The van der Waals surface area contributed by atoms with E-state index in [9.17, 15) is 14.4 Å². The number of rotatable bonds is 7. The van der Waals surface area contributed by atoms with E-state index in [2.05, 4.69) is 10.4 Å². The lowest BCUT2D eigenvalue weighted by Crippen LogP contribution is -2.31. The van der Waals surface area contributed by atoms with Gasteiger partial charge in [-0.25, -0.2) is 0 Å². The third kappa shape index (κ3) is 4.88. The van der Waals surface area contributed by atoms with Crippen molar-refractivity contribution in [3.05, 3.63) is 77.1 Å². The highest BCUT2D eigenvalue weighted by molar-refractivity contribution is 6.47. The minimum absolute atomic E-state index is 0.0109. The molecule has 160 valence electrons. The van der Waals surface area contributed by atoms with Crippen LogP contribution in [-0.2, 0) is 23.1 Å². The number of nitrogens with one attached hydrogen (secondary N) is 1. The summed E-state index contributed by atoms with van der Waals surface area (Å²) in [6.45, 7) is 5.97. The molecule has 0 fully saturated rings. The number of nitrogens with zero attached hydrogens (tertiary/aromatic N) is 3. The Morgan fingerprint density at radius 3 is 2.19 bits per heavy atom. The summed E-state index contributed by atoms with van der Waals surface area (Å²) in [5.74, 6) is -1.35. The average molecular weight is 418 g/mol. The number of aromatic nitrogens is 2. The molecule has 31 heavy (non-hydrogen) atoms. The second kappa shape index (κ2) is 9.38. The maximum Gasteiger partial charge on any atom is 0.296 e. The fourth-order valence-corrected chi connectivity index (χ4v) is 3.49. The van der Waals surface area contributed by atoms with Crippen molar-refractivity contribution < 1.29 is 14.4 Å². The van der Waals surface area contributed by atoms with Gasteiger partial charge in [-0.1, -0.05) is 30.3 Å². The first-order chi connectivity index (χ1) is 14.8. The summed E-state index contributed by atoms with van der Waals surface area (Å²) in [5.41, 5.74) is 3.66. The Morgan fingerprint density at radius 1 is 1.00 bits per heavy atom. The Morgan fingerprint density at radius 2 is 1.65 bits per heavy atom. The van der Waals surface area contributed by atoms with E-state index in [-0.39, 0.29) is 12.3 Å². The van der Waals surface area contributed by atoms with Crippen molar-refractivity contribution in [1.29, 1.82) is 0 Å². The van der Waals surface area contributed by atoms with Crippen molar-refractivity contribution in [3.63, 3.8) is 0 Å². The van der Waals surface area contributed by atoms with E-state index in [1.165, 1.54) is 0 Å². The summed E-state index contributed by atoms with van der Waals surface area (Å²) in [6, 6.07) is 16.5. The number of hydrogen-bond acceptors (Lipinski definition) is 4. The molecule has 3 aromatic rings. The molecule has 0 radical (unpaired) electrons. The molecule has 0 saturated carbocycles. The van der Waals surface area contributed by atoms with Gasteiger partial charge >= 0.3 is 0 Å². The summed E-state index contributed by atoms with van der Waals surface area (Å²) >= 11 is 0. The van der Waals surface area contributed by atoms with Gasteiger partial charge in [0.05, 0.1) is 17.7 Å². The van der Waals surface area contributed by atoms with Crippen LogP contribution in [0.25, 0.3) is 0 Å². The first-order valence-corrected chi connectivity index (χ1v) is 10.1. The highest BCUT2D eigenvalue weighted by atomic mass is 16.2. The third-order valence-corrected chi connectivity index (χ3v) is 5.19. The van der Waals surface area contributed by atoms with E-state index in [4.69, 9.17) is 0 Å². The average Bonchev–Trinajstić information content (AvgIpc) is 3.01. The van der Waals surface area contributed by atoms with Gasteiger partial charge in [-0.2, -0.15) is 5.10 Å². The second-order valence-corrected chi connectivity index (χ2v) is 7.30. The van der Waals surface area contributed by atoms with E-state index in [0.29, 0.717) is 29.2 Å². The molecule has 0 aliphatic heterocycles. The zero-order valence-corrected chi connectivity index (χ0v) is 18.2. The van der Waals surface area contributed by atoms with Gasteiger partial charge < -0.3 is 10.2 Å². The van der Waals surface area contributed by atoms with Gasteiger partial charge in [-0.3, -0.25) is 19.1 Å². The van der Waals surface area contributed by atoms with Crippen molar-refractivity contribution >= 4 is 29.0 Å². The minimum Gasteiger partial charge on any atom is -0.319 e. The highest BCUT2D eigenvalue weighted by Gasteiger charge is 2.24. The number of para-hydroxylation sites is 1. The van der Waals surface area contributed by atoms with Crippen molar-refractivity contribution in [2.24, 2.45) is 7.05 Å². The molecular formula is C24H26N4O3. The van der Waals surface area contributed by atoms with Gasteiger partial charge in [-0.15, -0.1) is 0 Å². The van der Waals surface area contributed by atoms with Crippen LogP contribution in [0.15, 0.2) is 54.6 Å². The lowest BCUT2D eigenvalue weighted by Gasteiger charge is -2.21. The number of hydrogen-bond donors (Lipinski definition) is 1.